The number of nitrogens with one attached hydrogen (secondary N) is 1. The Bertz CT molecular complexity index is 1570. The second-order valence-electron chi connectivity index (χ2n) is 10.8. The number of carbonyl (C=O) groups excluding carboxylic acids is 1. The smallest absolute Gasteiger partial charge is 0.338 e. The summed E-state index contributed by atoms with van der Waals surface area (Å²) in [7, 11) is -3.72. The first kappa shape index (κ1) is 30.5. The molecule has 2 N–H and O–H groups in total. The molecule has 1 saturated heterocycles. The number of nitrogens with zero attached hydrogens (tertiary/aromatic N) is 3. The summed E-state index contributed by atoms with van der Waals surface area (Å²) in [5, 5.41) is 13.6. The van der Waals surface area contributed by atoms with Crippen LogP contribution in [-0.2, 0) is 24.3 Å². The van der Waals surface area contributed by atoms with Crippen LogP contribution in [0, 0.1) is 23.0 Å². The lowest BCUT2D eigenvalue weighted by Gasteiger charge is -2.44. The highest BCUT2D eigenvalue weighted by molar-refractivity contribution is 7.89. The number of halogens is 3. The van der Waals surface area contributed by atoms with Gasteiger partial charge in [0, 0.05) is 41.8 Å². The second-order valence-corrected chi connectivity index (χ2v) is 14.3. The van der Waals surface area contributed by atoms with E-state index < -0.39 is 55.3 Å². The van der Waals surface area contributed by atoms with Gasteiger partial charge in [0.15, 0.2) is 22.5 Å². The van der Waals surface area contributed by atoms with E-state index >= 15 is 0 Å². The molecule has 226 valence electrons. The van der Waals surface area contributed by atoms with Gasteiger partial charge in [-0.25, -0.2) is 31.3 Å². The second kappa shape index (κ2) is 11.6. The Morgan fingerprint density at radius 1 is 1.26 bits per heavy atom. The number of aromatic nitrogens is 1. The Kier molecular flexibility index (Phi) is 8.45. The largest absolute Gasteiger partial charge is 0.481 e. The fraction of sp³-hybridized carbons (Fsp3) is 0.481. The highest BCUT2D eigenvalue weighted by Crippen LogP contribution is 2.46. The molecule has 0 bridgehead atoms. The van der Waals surface area contributed by atoms with Gasteiger partial charge in [0.25, 0.3) is 0 Å². The fourth-order valence-electron chi connectivity index (χ4n) is 5.69. The monoisotopic (exact) mass is 642 g/mol. The van der Waals surface area contributed by atoms with E-state index in [1.807, 2.05) is 0 Å². The van der Waals surface area contributed by atoms with Gasteiger partial charge < -0.3 is 15.2 Å². The molecule has 3 heterocycles. The molecule has 1 aromatic carbocycles. The van der Waals surface area contributed by atoms with Crippen molar-refractivity contribution >= 4 is 50.7 Å². The third-order valence-electron chi connectivity index (χ3n) is 8.08. The number of ether oxygens (including phenoxy) is 1. The molecule has 1 saturated carbocycles. The molecule has 5 rings (SSSR count). The minimum absolute atomic E-state index is 0.0459. The van der Waals surface area contributed by atoms with Crippen molar-refractivity contribution in [3.05, 3.63) is 62.2 Å². The molecular formula is C27H29ClF2N4O6S2. The summed E-state index contributed by atoms with van der Waals surface area (Å²) in [5.74, 6) is -4.19. The molecule has 2 aromatic rings. The SMILES string of the molecule is CCOC(=O)C1=C(C2CCN(S(=O)(=O)[C@H]3C[C@@](C)(C(=O)O)C3)CC2)NC(c2nccs2)=NC1c1ccc(F)c(F)c1Cl. The van der Waals surface area contributed by atoms with Crippen LogP contribution < -0.4 is 5.32 Å². The van der Waals surface area contributed by atoms with Crippen molar-refractivity contribution in [2.24, 2.45) is 16.3 Å². The van der Waals surface area contributed by atoms with Crippen LogP contribution in [0.15, 0.2) is 40.0 Å². The van der Waals surface area contributed by atoms with Crippen molar-refractivity contribution < 1.29 is 36.6 Å². The van der Waals surface area contributed by atoms with Crippen molar-refractivity contribution in [2.45, 2.75) is 50.8 Å². The van der Waals surface area contributed by atoms with Gasteiger partial charge in [0.2, 0.25) is 10.0 Å². The average molecular weight is 643 g/mol. The number of carboxylic acid groups (broad SMARTS) is 1. The molecular weight excluding hydrogens is 614 g/mol. The number of amidine groups is 1. The summed E-state index contributed by atoms with van der Waals surface area (Å²) < 4.78 is 61.9. The number of allylic oxidation sites excluding steroid dienone is 1. The summed E-state index contributed by atoms with van der Waals surface area (Å²) in [6.45, 7) is 3.52. The number of hydrogen-bond acceptors (Lipinski definition) is 9. The summed E-state index contributed by atoms with van der Waals surface area (Å²) in [4.78, 5) is 33.8. The number of carbonyl (C=O) groups is 2. The summed E-state index contributed by atoms with van der Waals surface area (Å²) in [6, 6.07) is 1.04. The quantitative estimate of drug-likeness (QED) is 0.322. The van der Waals surface area contributed by atoms with Crippen LogP contribution in [0.25, 0.3) is 0 Å². The number of esters is 1. The van der Waals surface area contributed by atoms with Gasteiger partial charge in [-0.15, -0.1) is 11.3 Å². The van der Waals surface area contributed by atoms with E-state index in [2.05, 4.69) is 15.3 Å². The van der Waals surface area contributed by atoms with Crippen molar-refractivity contribution in [2.75, 3.05) is 19.7 Å². The molecule has 0 spiro atoms. The van der Waals surface area contributed by atoms with Crippen LogP contribution in [0.2, 0.25) is 5.02 Å². The van der Waals surface area contributed by atoms with Gasteiger partial charge in [-0.3, -0.25) is 9.79 Å². The lowest BCUT2D eigenvalue weighted by molar-refractivity contribution is -0.152. The minimum atomic E-state index is -3.72. The van der Waals surface area contributed by atoms with Crippen molar-refractivity contribution in [1.82, 2.24) is 14.6 Å². The van der Waals surface area contributed by atoms with E-state index in [9.17, 15) is 31.9 Å². The Balaban J connectivity index is 1.48. The predicted molar refractivity (Wildman–Crippen MR) is 152 cm³/mol. The van der Waals surface area contributed by atoms with Crippen molar-refractivity contribution in [3.63, 3.8) is 0 Å². The topological polar surface area (TPSA) is 138 Å². The number of piperidine rings is 1. The molecule has 42 heavy (non-hydrogen) atoms. The zero-order valence-electron chi connectivity index (χ0n) is 22.8. The molecule has 1 aliphatic carbocycles. The van der Waals surface area contributed by atoms with Gasteiger partial charge in [-0.2, -0.15) is 0 Å². The first-order chi connectivity index (χ1) is 19.9. The van der Waals surface area contributed by atoms with Crippen LogP contribution in [-0.4, -0.2) is 65.5 Å². The number of carboxylic acids is 1. The molecule has 0 radical (unpaired) electrons. The van der Waals surface area contributed by atoms with E-state index in [4.69, 9.17) is 16.3 Å². The van der Waals surface area contributed by atoms with Gasteiger partial charge in [0.05, 0.1) is 27.9 Å². The number of aliphatic carboxylic acids is 1. The van der Waals surface area contributed by atoms with E-state index in [0.29, 0.717) is 29.4 Å². The molecule has 3 aliphatic rings. The lowest BCUT2D eigenvalue weighted by Crippen LogP contribution is -2.54. The standard InChI is InChI=1S/C27H29ClF2N4O6S2/c1-3-40-25(35)18-21(14-6-9-34(10-7-14)42(38,39)15-12-27(2,13-15)26(36)37)32-23(24-31-8-11-41-24)33-22(18)16-4-5-17(29)20(30)19(16)28/h4-5,8,11,14-15,22H,3,6-7,9-10,12-13H2,1-2H3,(H,32,33)(H,36,37)/t15-,22?,27+. The molecule has 2 fully saturated rings. The number of thiazole rings is 1. The Hall–Kier alpha value is -2.94. The highest BCUT2D eigenvalue weighted by Gasteiger charge is 2.53. The summed E-state index contributed by atoms with van der Waals surface area (Å²) >= 11 is 7.52. The van der Waals surface area contributed by atoms with E-state index in [1.54, 1.807) is 25.4 Å². The van der Waals surface area contributed by atoms with Crippen LogP contribution >= 0.6 is 22.9 Å². The fourth-order valence-corrected chi connectivity index (χ4v) is 8.83. The van der Waals surface area contributed by atoms with Crippen LogP contribution in [0.5, 0.6) is 0 Å². The molecule has 1 atom stereocenters. The number of rotatable bonds is 8. The first-order valence-corrected chi connectivity index (χ1v) is 16.1. The minimum Gasteiger partial charge on any atom is -0.481 e. The number of hydrogen-bond donors (Lipinski definition) is 2. The molecule has 1 unspecified atom stereocenters. The third kappa shape index (κ3) is 5.45. The number of sulfonamides is 1. The lowest BCUT2D eigenvalue weighted by atomic mass is 9.70. The highest BCUT2D eigenvalue weighted by atomic mass is 35.5. The molecule has 1 aromatic heterocycles. The molecule has 15 heteroatoms. The maximum atomic E-state index is 14.6. The average Bonchev–Trinajstić information content (AvgIpc) is 3.49. The van der Waals surface area contributed by atoms with Gasteiger partial charge in [-0.05, 0) is 45.6 Å². The zero-order chi connectivity index (χ0) is 30.4. The van der Waals surface area contributed by atoms with Gasteiger partial charge >= 0.3 is 11.9 Å². The van der Waals surface area contributed by atoms with Gasteiger partial charge in [0.1, 0.15) is 6.04 Å². The number of aliphatic imine (C=N–C) groups is 1. The Morgan fingerprint density at radius 3 is 2.55 bits per heavy atom. The zero-order valence-corrected chi connectivity index (χ0v) is 25.2. The van der Waals surface area contributed by atoms with Crippen LogP contribution in [0.3, 0.4) is 0 Å². The Labute approximate surface area is 250 Å². The van der Waals surface area contributed by atoms with Crippen molar-refractivity contribution in [3.8, 4) is 0 Å². The van der Waals surface area contributed by atoms with Crippen LogP contribution in [0.4, 0.5) is 8.78 Å². The Morgan fingerprint density at radius 2 is 1.95 bits per heavy atom. The first-order valence-electron chi connectivity index (χ1n) is 13.4. The van der Waals surface area contributed by atoms with Crippen molar-refractivity contribution in [1.29, 1.82) is 0 Å². The van der Waals surface area contributed by atoms with Gasteiger partial charge in [-0.1, -0.05) is 17.7 Å². The van der Waals surface area contributed by atoms with Crippen LogP contribution in [0.1, 0.15) is 56.1 Å². The molecule has 2 aliphatic heterocycles. The molecule has 10 nitrogen and oxygen atoms in total. The van der Waals surface area contributed by atoms with E-state index in [-0.39, 0.29) is 49.6 Å². The maximum Gasteiger partial charge on any atom is 0.338 e. The molecule has 0 amide bonds. The third-order valence-corrected chi connectivity index (χ3v) is 11.5. The number of benzene rings is 1. The summed E-state index contributed by atoms with van der Waals surface area (Å²) in [6.07, 6.45) is 2.34. The van der Waals surface area contributed by atoms with E-state index in [0.717, 1.165) is 6.07 Å². The normalized spacial score (nSPS) is 25.4. The van der Waals surface area contributed by atoms with E-state index in [1.165, 1.54) is 21.7 Å². The maximum absolute atomic E-state index is 14.6. The summed E-state index contributed by atoms with van der Waals surface area (Å²) in [5.41, 5.74) is -0.484. The predicted octanol–water partition coefficient (Wildman–Crippen LogP) is 4.28.